The Morgan fingerprint density at radius 1 is 1.07 bits per heavy atom. The molecule has 8 nitrogen and oxygen atoms in total. The normalized spacial score (nSPS) is 18.2. The van der Waals surface area contributed by atoms with E-state index in [0.717, 1.165) is 18.2 Å². The molecule has 0 saturated carbocycles. The van der Waals surface area contributed by atoms with Gasteiger partial charge in [-0.3, -0.25) is 19.3 Å². The third-order valence-corrected chi connectivity index (χ3v) is 4.56. The lowest BCUT2D eigenvalue weighted by Crippen LogP contribution is -2.42. The van der Waals surface area contributed by atoms with Gasteiger partial charge in [-0.2, -0.15) is 0 Å². The van der Waals surface area contributed by atoms with Crippen molar-refractivity contribution in [2.45, 2.75) is 19.4 Å². The van der Waals surface area contributed by atoms with Crippen molar-refractivity contribution in [3.8, 4) is 0 Å². The van der Waals surface area contributed by atoms with Crippen molar-refractivity contribution < 1.29 is 28.0 Å². The van der Waals surface area contributed by atoms with Crippen LogP contribution in [0.15, 0.2) is 42.5 Å². The van der Waals surface area contributed by atoms with Crippen molar-refractivity contribution in [2.24, 2.45) is 0 Å². The van der Waals surface area contributed by atoms with E-state index >= 15 is 0 Å². The zero-order valence-electron chi connectivity index (χ0n) is 16.1. The molecule has 2 aromatic rings. The number of carbonyl (C=O) groups is 4. The molecule has 1 fully saturated rings. The van der Waals surface area contributed by atoms with Crippen molar-refractivity contribution in [1.29, 1.82) is 0 Å². The smallest absolute Gasteiger partial charge is 0.325 e. The Balaban J connectivity index is 1.74. The van der Waals surface area contributed by atoms with E-state index in [4.69, 9.17) is 0 Å². The molecule has 0 aromatic heterocycles. The number of imide groups is 1. The second-order valence-corrected chi connectivity index (χ2v) is 6.88. The number of carbonyl (C=O) groups excluding carboxylic acids is 4. The summed E-state index contributed by atoms with van der Waals surface area (Å²) in [5, 5.41) is 7.22. The topological polar surface area (TPSA) is 108 Å². The van der Waals surface area contributed by atoms with Crippen molar-refractivity contribution >= 4 is 35.1 Å². The molecule has 0 spiro atoms. The van der Waals surface area contributed by atoms with E-state index in [1.165, 1.54) is 38.1 Å². The summed E-state index contributed by atoms with van der Waals surface area (Å²) in [6.45, 7) is 2.05. The number of benzene rings is 2. The lowest BCUT2D eigenvalue weighted by molar-refractivity contribution is -0.133. The van der Waals surface area contributed by atoms with Crippen molar-refractivity contribution in [3.63, 3.8) is 0 Å². The first-order chi connectivity index (χ1) is 14.1. The molecule has 1 aliphatic heterocycles. The van der Waals surface area contributed by atoms with Crippen LogP contribution in [0.2, 0.25) is 0 Å². The summed E-state index contributed by atoms with van der Waals surface area (Å²) >= 11 is 0. The van der Waals surface area contributed by atoms with E-state index in [9.17, 15) is 28.0 Å². The summed E-state index contributed by atoms with van der Waals surface area (Å²) in [6, 6.07) is 7.80. The van der Waals surface area contributed by atoms with Gasteiger partial charge in [0.1, 0.15) is 23.7 Å². The summed E-state index contributed by atoms with van der Waals surface area (Å²) in [5.74, 6) is -3.16. The molecule has 5 amide bonds. The Morgan fingerprint density at radius 3 is 2.37 bits per heavy atom. The fourth-order valence-corrected chi connectivity index (χ4v) is 3.05. The average Bonchev–Trinajstić information content (AvgIpc) is 2.88. The van der Waals surface area contributed by atoms with Crippen LogP contribution in [-0.4, -0.2) is 35.2 Å². The van der Waals surface area contributed by atoms with Gasteiger partial charge < -0.3 is 16.0 Å². The van der Waals surface area contributed by atoms with Crippen LogP contribution < -0.4 is 16.0 Å². The van der Waals surface area contributed by atoms with Crippen LogP contribution in [0, 0.1) is 11.6 Å². The predicted octanol–water partition coefficient (Wildman–Crippen LogP) is 2.33. The van der Waals surface area contributed by atoms with Gasteiger partial charge in [-0.1, -0.05) is 12.1 Å². The third-order valence-electron chi connectivity index (χ3n) is 4.56. The molecular formula is C20H18F2N4O4. The van der Waals surface area contributed by atoms with E-state index in [0.29, 0.717) is 10.5 Å². The highest BCUT2D eigenvalue weighted by molar-refractivity contribution is 6.10. The second kappa shape index (κ2) is 7.90. The van der Waals surface area contributed by atoms with Crippen LogP contribution in [0.25, 0.3) is 0 Å². The maximum atomic E-state index is 14.0. The molecule has 3 N–H and O–H groups in total. The molecule has 1 atom stereocenters. The Kier molecular flexibility index (Phi) is 5.50. The number of hydrogen-bond acceptors (Lipinski definition) is 4. The minimum Gasteiger partial charge on any atom is -0.326 e. The minimum atomic E-state index is -1.47. The van der Waals surface area contributed by atoms with Gasteiger partial charge in [0.2, 0.25) is 11.8 Å². The van der Waals surface area contributed by atoms with Crippen LogP contribution >= 0.6 is 0 Å². The number of nitrogens with zero attached hydrogens (tertiary/aromatic N) is 1. The van der Waals surface area contributed by atoms with Crippen molar-refractivity contribution in [2.75, 3.05) is 17.2 Å². The second-order valence-electron chi connectivity index (χ2n) is 6.88. The molecule has 0 radical (unpaired) electrons. The maximum absolute atomic E-state index is 14.0. The average molecular weight is 416 g/mol. The van der Waals surface area contributed by atoms with E-state index in [-0.39, 0.29) is 17.3 Å². The highest BCUT2D eigenvalue weighted by atomic mass is 19.1. The fourth-order valence-electron chi connectivity index (χ4n) is 3.05. The van der Waals surface area contributed by atoms with Crippen LogP contribution in [-0.2, 0) is 19.9 Å². The summed E-state index contributed by atoms with van der Waals surface area (Å²) in [6.07, 6.45) is 0. The molecular weight excluding hydrogens is 398 g/mol. The number of urea groups is 1. The lowest BCUT2D eigenvalue weighted by Gasteiger charge is -2.22. The van der Waals surface area contributed by atoms with Crippen molar-refractivity contribution in [3.05, 3.63) is 59.7 Å². The van der Waals surface area contributed by atoms with Gasteiger partial charge in [0.15, 0.2) is 0 Å². The van der Waals surface area contributed by atoms with E-state index < -0.39 is 41.6 Å². The molecule has 2 aromatic carbocycles. The van der Waals surface area contributed by atoms with E-state index in [2.05, 4.69) is 16.0 Å². The van der Waals surface area contributed by atoms with Gasteiger partial charge in [0.05, 0.1) is 5.69 Å². The Hall–Kier alpha value is -3.82. The van der Waals surface area contributed by atoms with Gasteiger partial charge in [0, 0.05) is 12.6 Å². The molecule has 1 saturated heterocycles. The lowest BCUT2D eigenvalue weighted by atomic mass is 9.92. The molecule has 10 heteroatoms. The monoisotopic (exact) mass is 416 g/mol. The summed E-state index contributed by atoms with van der Waals surface area (Å²) in [5.41, 5.74) is -1.08. The Morgan fingerprint density at radius 2 is 1.73 bits per heavy atom. The van der Waals surface area contributed by atoms with E-state index in [1.807, 2.05) is 0 Å². The number of amides is 5. The standard InChI is InChI=1S/C20H18F2N4O4/c1-11(27)23-14-7-8-15(22)16(9-14)24-17(28)10-26-18(29)20(2,25-19(26)30)12-3-5-13(21)6-4-12/h3-9H,10H2,1-2H3,(H,23,27)(H,24,28)(H,25,30). The SMILES string of the molecule is CC(=O)Nc1ccc(F)c(NC(=O)CN2C(=O)NC(C)(c3ccc(F)cc3)C2=O)c1. The summed E-state index contributed by atoms with van der Waals surface area (Å²) < 4.78 is 27.2. The van der Waals surface area contributed by atoms with E-state index in [1.54, 1.807) is 0 Å². The molecule has 1 unspecified atom stereocenters. The Bertz CT molecular complexity index is 1040. The first kappa shape index (κ1) is 20.9. The fraction of sp³-hybridized carbons (Fsp3) is 0.200. The maximum Gasteiger partial charge on any atom is 0.325 e. The quantitative estimate of drug-likeness (QED) is 0.650. The highest BCUT2D eigenvalue weighted by Crippen LogP contribution is 2.29. The van der Waals surface area contributed by atoms with Gasteiger partial charge in [-0.05, 0) is 42.8 Å². The van der Waals surface area contributed by atoms with Crippen LogP contribution in [0.4, 0.5) is 25.0 Å². The molecule has 30 heavy (non-hydrogen) atoms. The molecule has 3 rings (SSSR count). The third kappa shape index (κ3) is 4.12. The minimum absolute atomic E-state index is 0.223. The number of nitrogens with one attached hydrogen (secondary N) is 3. The van der Waals surface area contributed by atoms with Crippen LogP contribution in [0.3, 0.4) is 0 Å². The molecule has 1 aliphatic rings. The van der Waals surface area contributed by atoms with Gasteiger partial charge in [-0.15, -0.1) is 0 Å². The summed E-state index contributed by atoms with van der Waals surface area (Å²) in [7, 11) is 0. The largest absolute Gasteiger partial charge is 0.326 e. The first-order valence-corrected chi connectivity index (χ1v) is 8.87. The highest BCUT2D eigenvalue weighted by Gasteiger charge is 2.49. The molecule has 1 heterocycles. The summed E-state index contributed by atoms with van der Waals surface area (Å²) in [4.78, 5) is 49.3. The molecule has 0 bridgehead atoms. The van der Waals surface area contributed by atoms with Crippen LogP contribution in [0.1, 0.15) is 19.4 Å². The predicted molar refractivity (Wildman–Crippen MR) is 103 cm³/mol. The van der Waals surface area contributed by atoms with Gasteiger partial charge in [-0.25, -0.2) is 13.6 Å². The molecule has 156 valence electrons. The Labute approximate surface area is 170 Å². The van der Waals surface area contributed by atoms with Gasteiger partial charge >= 0.3 is 6.03 Å². The number of hydrogen-bond donors (Lipinski definition) is 3. The zero-order valence-corrected chi connectivity index (χ0v) is 16.1. The zero-order chi connectivity index (χ0) is 22.1. The first-order valence-electron chi connectivity index (χ1n) is 8.87. The molecule has 0 aliphatic carbocycles. The van der Waals surface area contributed by atoms with Crippen molar-refractivity contribution in [1.82, 2.24) is 10.2 Å². The van der Waals surface area contributed by atoms with Gasteiger partial charge in [0.25, 0.3) is 5.91 Å². The van der Waals surface area contributed by atoms with Crippen LogP contribution in [0.5, 0.6) is 0 Å². The number of rotatable bonds is 5. The number of anilines is 2. The number of halogens is 2.